The number of alkyl halides is 2. The predicted octanol–water partition coefficient (Wildman–Crippen LogP) is -0.293. The van der Waals surface area contributed by atoms with Gasteiger partial charge in [-0.05, 0) is 17.7 Å². The molecule has 6 N–H and O–H groups in total. The number of nitrogen functional groups attached to an aromatic ring is 1. The second-order valence-electron chi connectivity index (χ2n) is 3.94. The van der Waals surface area contributed by atoms with Gasteiger partial charge < -0.3 is 26.0 Å². The van der Waals surface area contributed by atoms with Crippen LogP contribution in [-0.2, 0) is 20.5 Å². The maximum atomic E-state index is 11.8. The van der Waals surface area contributed by atoms with E-state index in [0.717, 1.165) is 12.1 Å². The highest BCUT2D eigenvalue weighted by atomic mass is 31.2. The van der Waals surface area contributed by atoms with Gasteiger partial charge in [0.1, 0.15) is 6.04 Å². The van der Waals surface area contributed by atoms with E-state index in [4.69, 9.17) is 21.3 Å². The average Bonchev–Trinajstić information content (AvgIpc) is 2.29. The van der Waals surface area contributed by atoms with Gasteiger partial charge in [-0.25, -0.2) is 0 Å². The van der Waals surface area contributed by atoms with Gasteiger partial charge in [0.05, 0.1) is 5.30 Å². The Kier molecular flexibility index (Phi) is 5.18. The number of benzene rings is 1. The molecule has 1 aromatic carbocycles. The molecule has 7 nitrogen and oxygen atoms in total. The number of carbonyl (C=O) groups is 1. The highest BCUT2D eigenvalue weighted by Crippen LogP contribution is 2.34. The molecule has 0 fully saturated rings. The van der Waals surface area contributed by atoms with Crippen LogP contribution in [0.3, 0.4) is 0 Å². The standard InChI is InChI=1S/C10H13F2N2O5P/c11-10(12)19-9(15)8(14)3-5-1-2-6(4-7(5)13)20(16,17)18/h1-2,4,8,10H,3,13-14H2,(H2,16,17,18)/t8-/m0/s1. The van der Waals surface area contributed by atoms with Crippen molar-refractivity contribution >= 4 is 24.6 Å². The lowest BCUT2D eigenvalue weighted by Crippen LogP contribution is -2.35. The van der Waals surface area contributed by atoms with E-state index in [1.807, 2.05) is 0 Å². The van der Waals surface area contributed by atoms with Crippen molar-refractivity contribution < 1.29 is 32.7 Å². The van der Waals surface area contributed by atoms with Gasteiger partial charge in [-0.3, -0.25) is 9.36 Å². The molecule has 0 aliphatic carbocycles. The van der Waals surface area contributed by atoms with Gasteiger partial charge in [0, 0.05) is 12.1 Å². The van der Waals surface area contributed by atoms with Crippen LogP contribution in [0, 0.1) is 0 Å². The molecule has 1 atom stereocenters. The van der Waals surface area contributed by atoms with Crippen LogP contribution in [0.4, 0.5) is 14.5 Å². The molecule has 0 spiro atoms. The van der Waals surface area contributed by atoms with Gasteiger partial charge in [0.25, 0.3) is 0 Å². The zero-order valence-corrected chi connectivity index (χ0v) is 11.0. The first-order chi connectivity index (χ1) is 9.11. The van der Waals surface area contributed by atoms with Crippen LogP contribution >= 0.6 is 7.60 Å². The summed E-state index contributed by atoms with van der Waals surface area (Å²) in [6.07, 6.45) is -0.196. The number of esters is 1. The first-order valence-electron chi connectivity index (χ1n) is 5.30. The summed E-state index contributed by atoms with van der Waals surface area (Å²) in [5, 5.41) is -0.289. The van der Waals surface area contributed by atoms with Crippen LogP contribution in [-0.4, -0.2) is 28.4 Å². The minimum absolute atomic E-state index is 0.00822. The fraction of sp³-hybridized carbons (Fsp3) is 0.300. The monoisotopic (exact) mass is 310 g/mol. The predicted molar refractivity (Wildman–Crippen MR) is 66.3 cm³/mol. The van der Waals surface area contributed by atoms with Gasteiger partial charge >= 0.3 is 20.2 Å². The molecule has 0 radical (unpaired) electrons. The molecule has 0 aliphatic heterocycles. The molecule has 112 valence electrons. The van der Waals surface area contributed by atoms with Crippen molar-refractivity contribution in [3.63, 3.8) is 0 Å². The van der Waals surface area contributed by atoms with E-state index in [-0.39, 0.29) is 17.4 Å². The minimum atomic E-state index is -4.44. The van der Waals surface area contributed by atoms with Crippen molar-refractivity contribution in [2.75, 3.05) is 5.73 Å². The quantitative estimate of drug-likeness (QED) is 0.333. The van der Waals surface area contributed by atoms with Crippen LogP contribution in [0.1, 0.15) is 5.56 Å². The van der Waals surface area contributed by atoms with Crippen molar-refractivity contribution in [3.8, 4) is 0 Å². The molecule has 0 saturated heterocycles. The van der Waals surface area contributed by atoms with Crippen molar-refractivity contribution in [2.24, 2.45) is 5.73 Å². The smallest absolute Gasteiger partial charge is 0.389 e. The summed E-state index contributed by atoms with van der Waals surface area (Å²) < 4.78 is 38.3. The molecule has 0 amide bonds. The number of hydrogen-bond acceptors (Lipinski definition) is 5. The van der Waals surface area contributed by atoms with Crippen LogP contribution in [0.2, 0.25) is 0 Å². The zero-order chi connectivity index (χ0) is 15.5. The van der Waals surface area contributed by atoms with Crippen LogP contribution < -0.4 is 16.8 Å². The fourth-order valence-corrected chi connectivity index (χ4v) is 2.02. The summed E-state index contributed by atoms with van der Waals surface area (Å²) >= 11 is 0. The maximum absolute atomic E-state index is 11.8. The lowest BCUT2D eigenvalue weighted by atomic mass is 10.0. The number of hydrogen-bond donors (Lipinski definition) is 4. The molecule has 1 rings (SSSR count). The van der Waals surface area contributed by atoms with Gasteiger partial charge in [-0.2, -0.15) is 8.78 Å². The van der Waals surface area contributed by atoms with Crippen LogP contribution in [0.5, 0.6) is 0 Å². The number of rotatable bonds is 5. The molecule has 20 heavy (non-hydrogen) atoms. The van der Waals surface area contributed by atoms with E-state index in [1.54, 1.807) is 0 Å². The maximum Gasteiger partial charge on any atom is 0.389 e. The summed E-state index contributed by atoms with van der Waals surface area (Å²) in [6.45, 7) is -3.26. The molecule has 1 aromatic rings. The Bertz CT molecular complexity index is 548. The highest BCUT2D eigenvalue weighted by Gasteiger charge is 2.22. The molecule has 0 heterocycles. The Hall–Kier alpha value is -1.54. The van der Waals surface area contributed by atoms with Crippen molar-refractivity contribution in [2.45, 2.75) is 19.1 Å². The number of carbonyl (C=O) groups excluding carboxylic acids is 1. The second kappa shape index (κ2) is 6.27. The molecule has 0 aromatic heterocycles. The average molecular weight is 310 g/mol. The summed E-state index contributed by atoms with van der Waals surface area (Å²) in [6, 6.07) is 2.07. The minimum Gasteiger partial charge on any atom is -0.402 e. The summed E-state index contributed by atoms with van der Waals surface area (Å²) in [5.41, 5.74) is 11.2. The molecular formula is C10H13F2N2O5P. The molecule has 0 unspecified atom stereocenters. The molecular weight excluding hydrogens is 297 g/mol. The van der Waals surface area contributed by atoms with E-state index >= 15 is 0 Å². The SMILES string of the molecule is Nc1cc(P(=O)(O)O)ccc1C[C@H](N)C(=O)OC(F)F. The van der Waals surface area contributed by atoms with Gasteiger partial charge in [0.2, 0.25) is 0 Å². The van der Waals surface area contributed by atoms with Crippen molar-refractivity contribution in [3.05, 3.63) is 23.8 Å². The third-order valence-corrected chi connectivity index (χ3v) is 3.36. The fourth-order valence-electron chi connectivity index (χ4n) is 1.44. The van der Waals surface area contributed by atoms with Crippen LogP contribution in [0.15, 0.2) is 18.2 Å². The third kappa shape index (κ3) is 4.53. The number of ether oxygens (including phenoxy) is 1. The summed E-state index contributed by atoms with van der Waals surface area (Å²) in [4.78, 5) is 29.0. The van der Waals surface area contributed by atoms with E-state index in [1.165, 1.54) is 6.07 Å². The zero-order valence-electron chi connectivity index (χ0n) is 10.1. The van der Waals surface area contributed by atoms with Crippen molar-refractivity contribution in [1.29, 1.82) is 0 Å². The lowest BCUT2D eigenvalue weighted by molar-refractivity contribution is -0.177. The first-order valence-corrected chi connectivity index (χ1v) is 6.91. The van der Waals surface area contributed by atoms with Gasteiger partial charge in [0.15, 0.2) is 0 Å². The third-order valence-electron chi connectivity index (χ3n) is 2.41. The number of nitrogens with two attached hydrogens (primary N) is 2. The van der Waals surface area contributed by atoms with Crippen LogP contribution in [0.25, 0.3) is 0 Å². The summed E-state index contributed by atoms with van der Waals surface area (Å²) in [5.74, 6) is -1.29. The Morgan fingerprint density at radius 2 is 2.00 bits per heavy atom. The normalized spacial score (nSPS) is 13.3. The van der Waals surface area contributed by atoms with Gasteiger partial charge in [-0.1, -0.05) is 6.07 Å². The molecule has 0 saturated carbocycles. The van der Waals surface area contributed by atoms with E-state index in [2.05, 4.69) is 4.74 Å². The topological polar surface area (TPSA) is 136 Å². The Morgan fingerprint density at radius 3 is 2.45 bits per heavy atom. The molecule has 0 bridgehead atoms. The lowest BCUT2D eigenvalue weighted by Gasteiger charge is -2.13. The Labute approximate surface area is 112 Å². The number of anilines is 1. The molecule has 10 heteroatoms. The number of halogens is 2. The molecule has 0 aliphatic rings. The van der Waals surface area contributed by atoms with E-state index < -0.39 is 26.2 Å². The largest absolute Gasteiger partial charge is 0.402 e. The van der Waals surface area contributed by atoms with Gasteiger partial charge in [-0.15, -0.1) is 0 Å². The van der Waals surface area contributed by atoms with E-state index in [9.17, 15) is 18.1 Å². The van der Waals surface area contributed by atoms with Crippen molar-refractivity contribution in [1.82, 2.24) is 0 Å². The Balaban J connectivity index is 2.84. The highest BCUT2D eigenvalue weighted by molar-refractivity contribution is 7.60. The first kappa shape index (κ1) is 16.5. The second-order valence-corrected chi connectivity index (χ2v) is 5.54. The summed E-state index contributed by atoms with van der Waals surface area (Å²) in [7, 11) is -4.44. The van der Waals surface area contributed by atoms with E-state index in [0.29, 0.717) is 5.56 Å². The Morgan fingerprint density at radius 1 is 1.40 bits per heavy atom.